The molecule has 9 nitrogen and oxygen atoms in total. The van der Waals surface area contributed by atoms with E-state index in [1.165, 1.54) is 0 Å². The maximum Gasteiger partial charge on any atom is 0.251 e. The lowest BCUT2D eigenvalue weighted by atomic mass is 10.2. The van der Waals surface area contributed by atoms with E-state index >= 15 is 0 Å². The van der Waals surface area contributed by atoms with Crippen LogP contribution in [0.2, 0.25) is 0 Å². The summed E-state index contributed by atoms with van der Waals surface area (Å²) in [6, 6.07) is 5.16. The largest absolute Gasteiger partial charge is 0.454 e. The molecule has 2 N–H and O–H groups in total. The number of hydrogen-bond acceptors (Lipinski definition) is 8. The summed E-state index contributed by atoms with van der Waals surface area (Å²) in [7, 11) is 0. The summed E-state index contributed by atoms with van der Waals surface area (Å²) in [4.78, 5) is 22.0. The van der Waals surface area contributed by atoms with E-state index in [1.807, 2.05) is 4.68 Å². The number of hydrogen-bond donors (Lipinski definition) is 2. The average molecular weight is 457 g/mol. The van der Waals surface area contributed by atoms with Gasteiger partial charge in [-0.15, -0.1) is 0 Å². The van der Waals surface area contributed by atoms with Gasteiger partial charge in [-0.1, -0.05) is 39.5 Å². The standard InChI is InChI=1S/C22H28N6O3S/c1-13(2)10-24-19-16-11-25-28(20(16)27-22(26-19)32-14(3)4)8-7-23-21(29)15-5-6-17-18(9-15)31-12-30-17/h5-6,9,11,13-14H,7-8,10,12H2,1-4H3,(H,23,29)(H,24,26,27). The van der Waals surface area contributed by atoms with Crippen molar-refractivity contribution < 1.29 is 14.3 Å². The third kappa shape index (κ3) is 5.07. The normalized spacial score (nSPS) is 12.7. The topological polar surface area (TPSA) is 103 Å². The van der Waals surface area contributed by atoms with E-state index in [4.69, 9.17) is 19.4 Å². The van der Waals surface area contributed by atoms with Crippen LogP contribution in [0.1, 0.15) is 38.1 Å². The Hall–Kier alpha value is -3.01. The lowest BCUT2D eigenvalue weighted by molar-refractivity contribution is 0.0951. The number of aromatic nitrogens is 4. The third-order valence-corrected chi connectivity index (χ3v) is 5.60. The van der Waals surface area contributed by atoms with Crippen molar-refractivity contribution in [2.24, 2.45) is 5.92 Å². The quantitative estimate of drug-likeness (QED) is 0.372. The second-order valence-corrected chi connectivity index (χ2v) is 9.77. The molecule has 0 spiro atoms. The van der Waals surface area contributed by atoms with Crippen molar-refractivity contribution >= 4 is 34.5 Å². The van der Waals surface area contributed by atoms with Gasteiger partial charge in [-0.05, 0) is 24.1 Å². The Kier molecular flexibility index (Phi) is 6.69. The summed E-state index contributed by atoms with van der Waals surface area (Å²) in [5, 5.41) is 12.8. The van der Waals surface area contributed by atoms with Gasteiger partial charge in [0.15, 0.2) is 22.3 Å². The van der Waals surface area contributed by atoms with Crippen LogP contribution in [-0.2, 0) is 6.54 Å². The van der Waals surface area contributed by atoms with Gasteiger partial charge < -0.3 is 20.1 Å². The maximum atomic E-state index is 12.5. The van der Waals surface area contributed by atoms with E-state index in [0.717, 1.165) is 23.4 Å². The number of fused-ring (bicyclic) bond motifs is 2. The molecule has 0 atom stereocenters. The molecule has 0 saturated carbocycles. The van der Waals surface area contributed by atoms with Gasteiger partial charge in [-0.25, -0.2) is 14.6 Å². The minimum Gasteiger partial charge on any atom is -0.454 e. The summed E-state index contributed by atoms with van der Waals surface area (Å²) in [5.41, 5.74) is 1.28. The zero-order valence-corrected chi connectivity index (χ0v) is 19.5. The van der Waals surface area contributed by atoms with Crippen LogP contribution in [0.4, 0.5) is 5.82 Å². The van der Waals surface area contributed by atoms with Crippen LogP contribution < -0.4 is 20.1 Å². The van der Waals surface area contributed by atoms with Crippen molar-refractivity contribution in [2.75, 3.05) is 25.2 Å². The monoisotopic (exact) mass is 456 g/mol. The fourth-order valence-corrected chi connectivity index (χ4v) is 3.92. The molecule has 2 aromatic heterocycles. The van der Waals surface area contributed by atoms with Gasteiger partial charge in [0.25, 0.3) is 5.91 Å². The van der Waals surface area contributed by atoms with Crippen molar-refractivity contribution in [3.05, 3.63) is 30.0 Å². The van der Waals surface area contributed by atoms with Crippen molar-refractivity contribution in [3.63, 3.8) is 0 Å². The summed E-state index contributed by atoms with van der Waals surface area (Å²) in [5.74, 6) is 2.35. The molecular weight excluding hydrogens is 428 g/mol. The second kappa shape index (κ2) is 9.64. The SMILES string of the molecule is CC(C)CNc1nc(SC(C)C)nc2c1cnn2CCNC(=O)c1ccc2c(c1)OCO2. The van der Waals surface area contributed by atoms with Gasteiger partial charge in [0.05, 0.1) is 18.1 Å². The van der Waals surface area contributed by atoms with E-state index in [-0.39, 0.29) is 12.7 Å². The highest BCUT2D eigenvalue weighted by Crippen LogP contribution is 2.32. The molecule has 3 heterocycles. The number of nitrogens with zero attached hydrogens (tertiary/aromatic N) is 4. The van der Waals surface area contributed by atoms with Gasteiger partial charge in [0.1, 0.15) is 5.82 Å². The lowest BCUT2D eigenvalue weighted by Gasteiger charge is -2.12. The van der Waals surface area contributed by atoms with Gasteiger partial charge >= 0.3 is 0 Å². The van der Waals surface area contributed by atoms with Crippen LogP contribution in [0.25, 0.3) is 11.0 Å². The molecule has 4 rings (SSSR count). The zero-order valence-electron chi connectivity index (χ0n) is 18.7. The maximum absolute atomic E-state index is 12.5. The number of thioether (sulfide) groups is 1. The van der Waals surface area contributed by atoms with Crippen molar-refractivity contribution in [1.29, 1.82) is 0 Å². The Balaban J connectivity index is 1.47. The Morgan fingerprint density at radius 2 is 2.00 bits per heavy atom. The van der Waals surface area contributed by atoms with E-state index in [9.17, 15) is 4.79 Å². The highest BCUT2D eigenvalue weighted by Gasteiger charge is 2.17. The highest BCUT2D eigenvalue weighted by atomic mass is 32.2. The van der Waals surface area contributed by atoms with Crippen LogP contribution in [0.5, 0.6) is 11.5 Å². The third-order valence-electron chi connectivity index (χ3n) is 4.74. The molecule has 170 valence electrons. The number of ether oxygens (including phenoxy) is 2. The number of anilines is 1. The minimum absolute atomic E-state index is 0.176. The number of carbonyl (C=O) groups excluding carboxylic acids is 1. The number of benzene rings is 1. The predicted molar refractivity (Wildman–Crippen MR) is 125 cm³/mol. The first-order chi connectivity index (χ1) is 15.4. The average Bonchev–Trinajstić information content (AvgIpc) is 3.38. The number of carbonyl (C=O) groups is 1. The summed E-state index contributed by atoms with van der Waals surface area (Å²) in [6.45, 7) is 10.4. The molecule has 10 heteroatoms. The lowest BCUT2D eigenvalue weighted by Crippen LogP contribution is -2.27. The van der Waals surface area contributed by atoms with E-state index in [2.05, 4.69) is 43.4 Å². The van der Waals surface area contributed by atoms with Crippen molar-refractivity contribution in [2.45, 2.75) is 44.6 Å². The van der Waals surface area contributed by atoms with E-state index in [1.54, 1.807) is 36.2 Å². The molecule has 32 heavy (non-hydrogen) atoms. The number of rotatable bonds is 9. The number of nitrogens with one attached hydrogen (secondary N) is 2. The van der Waals surface area contributed by atoms with E-state index < -0.39 is 0 Å². The molecule has 1 aliphatic rings. The summed E-state index contributed by atoms with van der Waals surface area (Å²) in [6.07, 6.45) is 1.78. The first-order valence-corrected chi connectivity index (χ1v) is 11.6. The Morgan fingerprint density at radius 3 is 2.78 bits per heavy atom. The second-order valence-electron chi connectivity index (χ2n) is 8.23. The van der Waals surface area contributed by atoms with Crippen LogP contribution in [0.15, 0.2) is 29.6 Å². The molecule has 3 aromatic rings. The molecule has 0 aliphatic carbocycles. The van der Waals surface area contributed by atoms with Crippen molar-refractivity contribution in [1.82, 2.24) is 25.1 Å². The summed E-state index contributed by atoms with van der Waals surface area (Å²) >= 11 is 1.61. The minimum atomic E-state index is -0.176. The molecule has 0 saturated heterocycles. The molecule has 0 unspecified atom stereocenters. The molecule has 0 bridgehead atoms. The Labute approximate surface area is 191 Å². The van der Waals surface area contributed by atoms with Crippen LogP contribution in [0, 0.1) is 5.92 Å². The van der Waals surface area contributed by atoms with Crippen molar-refractivity contribution in [3.8, 4) is 11.5 Å². The molecule has 0 radical (unpaired) electrons. The molecule has 1 aromatic carbocycles. The fraction of sp³-hybridized carbons (Fsp3) is 0.455. The summed E-state index contributed by atoms with van der Waals surface area (Å²) < 4.78 is 12.4. The molecule has 0 fully saturated rings. The van der Waals surface area contributed by atoms with Crippen LogP contribution in [0.3, 0.4) is 0 Å². The van der Waals surface area contributed by atoms with Crippen LogP contribution >= 0.6 is 11.8 Å². The first-order valence-electron chi connectivity index (χ1n) is 10.7. The number of amides is 1. The fourth-order valence-electron chi connectivity index (χ4n) is 3.21. The Morgan fingerprint density at radius 1 is 1.19 bits per heavy atom. The van der Waals surface area contributed by atoms with E-state index in [0.29, 0.717) is 46.5 Å². The highest BCUT2D eigenvalue weighted by molar-refractivity contribution is 7.99. The predicted octanol–water partition coefficient (Wildman–Crippen LogP) is 3.55. The van der Waals surface area contributed by atoms with Gasteiger partial charge in [0.2, 0.25) is 6.79 Å². The molecule has 1 aliphatic heterocycles. The first kappa shape index (κ1) is 22.2. The van der Waals surface area contributed by atoms with Gasteiger partial charge in [-0.3, -0.25) is 4.79 Å². The van der Waals surface area contributed by atoms with Crippen LogP contribution in [-0.4, -0.2) is 50.8 Å². The van der Waals surface area contributed by atoms with Gasteiger partial charge in [0, 0.05) is 23.9 Å². The molecular formula is C22H28N6O3S. The Bertz CT molecular complexity index is 1110. The molecule has 1 amide bonds. The zero-order chi connectivity index (χ0) is 22.7. The smallest absolute Gasteiger partial charge is 0.251 e. The van der Waals surface area contributed by atoms with Gasteiger partial charge in [-0.2, -0.15) is 5.10 Å².